The second kappa shape index (κ2) is 20.0. The molecule has 0 saturated carbocycles. The fourth-order valence-electron chi connectivity index (χ4n) is 7.70. The van der Waals surface area contributed by atoms with E-state index in [2.05, 4.69) is 0 Å². The number of rotatable bonds is 13. The molecule has 7 rings (SSSR count). The molecule has 0 spiro atoms. The smallest absolute Gasteiger partial charge is 0.239 e. The summed E-state index contributed by atoms with van der Waals surface area (Å²) in [6, 6.07) is 5.46. The van der Waals surface area contributed by atoms with Crippen molar-refractivity contribution in [3.8, 4) is 40.1 Å². The van der Waals surface area contributed by atoms with Crippen LogP contribution < -0.4 is 19.6 Å². The summed E-state index contributed by atoms with van der Waals surface area (Å²) in [6.45, 7) is -3.29. The van der Waals surface area contributed by atoms with Gasteiger partial charge in [-0.3, -0.25) is 4.79 Å². The van der Waals surface area contributed by atoms with Crippen LogP contribution in [0.5, 0.6) is 28.7 Å². The molecule has 4 fully saturated rings. The Labute approximate surface area is 365 Å². The van der Waals surface area contributed by atoms with Crippen molar-refractivity contribution in [2.45, 2.75) is 117 Å². The highest BCUT2D eigenvalue weighted by atomic mass is 16.8. The average molecular weight is 935 g/mol. The van der Waals surface area contributed by atoms with Gasteiger partial charge in [-0.25, -0.2) is 0 Å². The van der Waals surface area contributed by atoms with Gasteiger partial charge in [0.1, 0.15) is 108 Å². The van der Waals surface area contributed by atoms with Crippen molar-refractivity contribution in [2.75, 3.05) is 33.5 Å². The molecular weight excluding hydrogens is 884 g/mol. The fraction of sp³-hybridized carbons (Fsp3) is 0.615. The van der Waals surface area contributed by atoms with E-state index >= 15 is 0 Å². The number of phenols is 2. The van der Waals surface area contributed by atoms with Crippen LogP contribution in [0.25, 0.3) is 22.3 Å². The van der Waals surface area contributed by atoms with Crippen LogP contribution in [-0.2, 0) is 28.4 Å². The molecule has 19 atom stereocenters. The largest absolute Gasteiger partial charge is 0.508 e. The van der Waals surface area contributed by atoms with E-state index in [-0.39, 0.29) is 17.1 Å². The normalized spacial score (nSPS) is 39.0. The van der Waals surface area contributed by atoms with E-state index in [4.69, 9.17) is 47.0 Å². The molecule has 0 aliphatic carbocycles. The molecule has 0 amide bonds. The zero-order valence-corrected chi connectivity index (χ0v) is 33.9. The van der Waals surface area contributed by atoms with E-state index in [1.165, 1.54) is 25.3 Å². The van der Waals surface area contributed by atoms with Crippen LogP contribution in [0.15, 0.2) is 39.5 Å². The summed E-state index contributed by atoms with van der Waals surface area (Å²) in [5.41, 5.74) is -1.66. The molecule has 65 heavy (non-hydrogen) atoms. The summed E-state index contributed by atoms with van der Waals surface area (Å²) < 4.78 is 57.6. The van der Waals surface area contributed by atoms with Gasteiger partial charge in [0.2, 0.25) is 23.8 Å². The number of hydrogen-bond acceptors (Lipinski definition) is 26. The summed E-state index contributed by atoms with van der Waals surface area (Å²) in [5.74, 6) is -3.03. The minimum Gasteiger partial charge on any atom is -0.508 e. The molecule has 0 unspecified atom stereocenters. The second-order valence-electron chi connectivity index (χ2n) is 15.6. The molecule has 0 bridgehead atoms. The lowest BCUT2D eigenvalue weighted by molar-refractivity contribution is -0.378. The summed E-state index contributed by atoms with van der Waals surface area (Å²) in [7, 11) is 1.19. The van der Waals surface area contributed by atoms with E-state index in [0.717, 1.165) is 12.1 Å². The van der Waals surface area contributed by atoms with Crippen LogP contribution in [-0.4, -0.2) is 227 Å². The van der Waals surface area contributed by atoms with Gasteiger partial charge in [0.15, 0.2) is 35.9 Å². The SMILES string of the molecule is COc1cc(-c2oc3cc(O)cc(O)c3c(=O)c2O[C@@H]2O[C@H](CO)[C@@H](O)[C@H](O[C@@H]3O[C@H](CO)[C@@H](O)[C@H](O)[C@H]3O)[C@H]2O[C@@H]2OC[C@@H](O)[C@H](O)[C@H]2O)ccc1O[C@@H]1O[C@H](CO)[C@@H](O)[C@H](O)[C@H]1O. The maximum atomic E-state index is 14.5. The van der Waals surface area contributed by atoms with E-state index in [9.17, 15) is 81.4 Å². The zero-order valence-electron chi connectivity index (χ0n) is 33.9. The third-order valence-corrected chi connectivity index (χ3v) is 11.4. The highest BCUT2D eigenvalue weighted by Gasteiger charge is 2.55. The van der Waals surface area contributed by atoms with Gasteiger partial charge in [-0.2, -0.15) is 0 Å². The molecule has 1 aromatic heterocycles. The lowest BCUT2D eigenvalue weighted by Crippen LogP contribution is -2.67. The summed E-state index contributed by atoms with van der Waals surface area (Å²) in [6.07, 6.45) is -35.1. The molecule has 4 aliphatic rings. The first kappa shape index (κ1) is 48.8. The van der Waals surface area contributed by atoms with Gasteiger partial charge in [0.05, 0.1) is 33.5 Å². The van der Waals surface area contributed by atoms with Crippen molar-refractivity contribution in [2.24, 2.45) is 0 Å². The van der Waals surface area contributed by atoms with Crippen molar-refractivity contribution in [3.05, 3.63) is 40.6 Å². The van der Waals surface area contributed by atoms with Gasteiger partial charge in [0, 0.05) is 17.7 Å². The predicted molar refractivity (Wildman–Crippen MR) is 206 cm³/mol. The number of phenolic OH excluding ortho intramolecular Hbond substituents is 2. The quantitative estimate of drug-likeness (QED) is 0.0758. The Balaban J connectivity index is 1.32. The van der Waals surface area contributed by atoms with Crippen molar-refractivity contribution in [1.29, 1.82) is 0 Å². The number of aliphatic hydroxyl groups is 13. The number of methoxy groups -OCH3 is 1. The van der Waals surface area contributed by atoms with Gasteiger partial charge in [0.25, 0.3) is 0 Å². The Morgan fingerprint density at radius 2 is 1.17 bits per heavy atom. The first-order valence-electron chi connectivity index (χ1n) is 20.0. The highest BCUT2D eigenvalue weighted by molar-refractivity contribution is 5.88. The number of fused-ring (bicyclic) bond motifs is 1. The Morgan fingerprint density at radius 3 is 1.80 bits per heavy atom. The van der Waals surface area contributed by atoms with E-state index < -0.39 is 183 Å². The Kier molecular flexibility index (Phi) is 15.0. The van der Waals surface area contributed by atoms with Crippen LogP contribution in [0.4, 0.5) is 0 Å². The first-order valence-corrected chi connectivity index (χ1v) is 20.0. The lowest BCUT2D eigenvalue weighted by Gasteiger charge is -2.48. The molecule has 26 nitrogen and oxygen atoms in total. The third kappa shape index (κ3) is 9.43. The summed E-state index contributed by atoms with van der Waals surface area (Å²) in [4.78, 5) is 14.5. The van der Waals surface area contributed by atoms with Crippen LogP contribution in [0.3, 0.4) is 0 Å². The molecule has 26 heteroatoms. The van der Waals surface area contributed by atoms with Crippen molar-refractivity contribution in [3.63, 3.8) is 0 Å². The first-order chi connectivity index (χ1) is 30.9. The van der Waals surface area contributed by atoms with Crippen LogP contribution in [0.2, 0.25) is 0 Å². The average Bonchev–Trinajstić information content (AvgIpc) is 3.28. The van der Waals surface area contributed by atoms with E-state index in [0.29, 0.717) is 0 Å². The topological polar surface area (TPSA) is 417 Å². The van der Waals surface area contributed by atoms with Crippen LogP contribution in [0.1, 0.15) is 0 Å². The molecular formula is C39H50O26. The van der Waals surface area contributed by atoms with Gasteiger partial charge in [-0.15, -0.1) is 0 Å². The van der Waals surface area contributed by atoms with E-state index in [1.54, 1.807) is 0 Å². The number of hydrogen-bond donors (Lipinski definition) is 15. The number of benzene rings is 2. The third-order valence-electron chi connectivity index (χ3n) is 11.4. The Hall–Kier alpha value is -4.11. The predicted octanol–water partition coefficient (Wildman–Crippen LogP) is -6.48. The van der Waals surface area contributed by atoms with E-state index in [1.807, 2.05) is 0 Å². The second-order valence-corrected chi connectivity index (χ2v) is 15.6. The van der Waals surface area contributed by atoms with Crippen molar-refractivity contribution >= 4 is 11.0 Å². The zero-order chi connectivity index (χ0) is 47.2. The Morgan fingerprint density at radius 1 is 0.600 bits per heavy atom. The van der Waals surface area contributed by atoms with Gasteiger partial charge in [-0.05, 0) is 18.2 Å². The molecule has 15 N–H and O–H groups in total. The molecule has 2 aromatic carbocycles. The summed E-state index contributed by atoms with van der Waals surface area (Å²) in [5, 5.41) is 156. The number of aliphatic hydroxyl groups excluding tert-OH is 13. The van der Waals surface area contributed by atoms with Crippen molar-refractivity contribution < 1.29 is 124 Å². The standard InChI is InChI=1S/C39H50O26/c1-56-16-4-11(2-3-15(16)59-37-30(54)27(51)23(47)18(7-40)60-37)32-34(26(50)21-13(44)5-12(43)6-17(21)58-32)64-39-35(65-36-29(53)22(46)14(45)10-57-36)33(25(49)20(9-42)62-39)63-38-31(55)28(52)24(48)19(8-41)61-38/h2-6,14,18-20,22-25,27-31,33,35-49,51-55H,7-10H2,1H3/t14-,18-,19-,20-,22+,23-,24-,25-,27+,28+,29-,30-,31-,33+,35-,36+,37-,38+,39+/m1/s1. The molecule has 3 aromatic rings. The maximum absolute atomic E-state index is 14.5. The van der Waals surface area contributed by atoms with Crippen molar-refractivity contribution in [1.82, 2.24) is 0 Å². The molecule has 4 saturated heterocycles. The number of ether oxygens (including phenoxy) is 9. The highest BCUT2D eigenvalue weighted by Crippen LogP contribution is 2.42. The molecule has 4 aliphatic heterocycles. The molecule has 5 heterocycles. The molecule has 362 valence electrons. The van der Waals surface area contributed by atoms with Crippen LogP contribution >= 0.6 is 0 Å². The minimum absolute atomic E-state index is 0.0934. The van der Waals surface area contributed by atoms with Gasteiger partial charge in [-0.1, -0.05) is 0 Å². The monoisotopic (exact) mass is 934 g/mol. The minimum atomic E-state index is -2.13. The maximum Gasteiger partial charge on any atom is 0.239 e. The van der Waals surface area contributed by atoms with Gasteiger partial charge >= 0.3 is 0 Å². The lowest BCUT2D eigenvalue weighted by atomic mass is 9.96. The summed E-state index contributed by atoms with van der Waals surface area (Å²) >= 11 is 0. The molecule has 0 radical (unpaired) electrons. The van der Waals surface area contributed by atoms with Gasteiger partial charge < -0.3 is 124 Å². The fourth-order valence-corrected chi connectivity index (χ4v) is 7.70. The van der Waals surface area contributed by atoms with Crippen LogP contribution in [0, 0.1) is 0 Å². The number of aromatic hydroxyl groups is 2. The Bertz CT molecular complexity index is 2150.